The molecular weight excluding hydrogens is 425 g/mol. The number of rotatable bonds is 6. The SMILES string of the molecule is CC(C)(C)Cc1cc(NC(=O)Nc2cc(Oc3ccnc(-c4ccn[nH]4)c3)ccc2F)n[nH]1. The van der Waals surface area contributed by atoms with E-state index in [1.54, 1.807) is 36.7 Å². The lowest BCUT2D eigenvalue weighted by Gasteiger charge is -2.15. The van der Waals surface area contributed by atoms with Gasteiger partial charge in [0.05, 0.1) is 17.1 Å². The predicted molar refractivity (Wildman–Crippen MR) is 123 cm³/mol. The van der Waals surface area contributed by atoms with Crippen molar-refractivity contribution in [2.75, 3.05) is 10.6 Å². The van der Waals surface area contributed by atoms with Crippen molar-refractivity contribution in [1.82, 2.24) is 25.4 Å². The Morgan fingerprint density at radius 2 is 1.85 bits per heavy atom. The summed E-state index contributed by atoms with van der Waals surface area (Å²) < 4.78 is 20.1. The summed E-state index contributed by atoms with van der Waals surface area (Å²) in [6, 6.07) is 10.4. The lowest BCUT2D eigenvalue weighted by Crippen LogP contribution is -2.20. The highest BCUT2D eigenvalue weighted by Gasteiger charge is 2.15. The van der Waals surface area contributed by atoms with Gasteiger partial charge in [0.25, 0.3) is 0 Å². The Hall–Kier alpha value is -4.21. The molecule has 0 spiro atoms. The molecule has 0 aliphatic carbocycles. The molecule has 0 aliphatic rings. The number of nitrogens with one attached hydrogen (secondary N) is 4. The minimum Gasteiger partial charge on any atom is -0.457 e. The van der Waals surface area contributed by atoms with Gasteiger partial charge in [0.2, 0.25) is 0 Å². The molecule has 170 valence electrons. The monoisotopic (exact) mass is 449 g/mol. The van der Waals surface area contributed by atoms with Crippen molar-refractivity contribution < 1.29 is 13.9 Å². The van der Waals surface area contributed by atoms with Crippen LogP contribution in [0.15, 0.2) is 54.9 Å². The van der Waals surface area contributed by atoms with E-state index in [1.165, 1.54) is 18.2 Å². The fraction of sp³-hybridized carbons (Fsp3) is 0.217. The first-order valence-corrected chi connectivity index (χ1v) is 10.3. The topological polar surface area (TPSA) is 121 Å². The van der Waals surface area contributed by atoms with E-state index < -0.39 is 11.8 Å². The van der Waals surface area contributed by atoms with Crippen molar-refractivity contribution in [3.05, 3.63) is 66.4 Å². The summed E-state index contributed by atoms with van der Waals surface area (Å²) in [5.41, 5.74) is 2.32. The molecule has 2 amide bonds. The first-order chi connectivity index (χ1) is 15.7. The Kier molecular flexibility index (Phi) is 6.07. The van der Waals surface area contributed by atoms with Gasteiger partial charge in [-0.25, -0.2) is 9.18 Å². The zero-order valence-corrected chi connectivity index (χ0v) is 18.4. The van der Waals surface area contributed by atoms with Crippen LogP contribution in [0.1, 0.15) is 26.5 Å². The molecule has 4 aromatic rings. The summed E-state index contributed by atoms with van der Waals surface area (Å²) in [7, 11) is 0. The molecule has 3 aromatic heterocycles. The molecule has 33 heavy (non-hydrogen) atoms. The summed E-state index contributed by atoms with van der Waals surface area (Å²) >= 11 is 0. The van der Waals surface area contributed by atoms with Crippen LogP contribution in [0.3, 0.4) is 0 Å². The smallest absolute Gasteiger partial charge is 0.324 e. The molecule has 4 N–H and O–H groups in total. The van der Waals surface area contributed by atoms with Crippen molar-refractivity contribution in [2.45, 2.75) is 27.2 Å². The van der Waals surface area contributed by atoms with E-state index in [2.05, 4.69) is 56.8 Å². The third-order valence-electron chi connectivity index (χ3n) is 4.52. The normalized spacial score (nSPS) is 11.3. The molecule has 10 heteroatoms. The van der Waals surface area contributed by atoms with Crippen LogP contribution in [0.2, 0.25) is 0 Å². The van der Waals surface area contributed by atoms with Crippen LogP contribution < -0.4 is 15.4 Å². The second kappa shape index (κ2) is 9.11. The van der Waals surface area contributed by atoms with E-state index >= 15 is 0 Å². The molecule has 9 nitrogen and oxygen atoms in total. The number of H-pyrrole nitrogens is 2. The Bertz CT molecular complexity index is 1250. The lowest BCUT2D eigenvalue weighted by atomic mass is 9.91. The number of hydrogen-bond acceptors (Lipinski definition) is 5. The second-order valence-corrected chi connectivity index (χ2v) is 8.69. The molecule has 0 bridgehead atoms. The van der Waals surface area contributed by atoms with Gasteiger partial charge in [0.15, 0.2) is 5.82 Å². The average Bonchev–Trinajstić information content (AvgIpc) is 3.42. The van der Waals surface area contributed by atoms with E-state index in [0.717, 1.165) is 17.8 Å². The molecule has 3 heterocycles. The van der Waals surface area contributed by atoms with Gasteiger partial charge in [-0.2, -0.15) is 10.2 Å². The minimum atomic E-state index is -0.620. The fourth-order valence-electron chi connectivity index (χ4n) is 3.18. The van der Waals surface area contributed by atoms with Crippen molar-refractivity contribution in [3.63, 3.8) is 0 Å². The maximum atomic E-state index is 14.3. The van der Waals surface area contributed by atoms with Gasteiger partial charge < -0.3 is 10.1 Å². The standard InChI is InChI=1S/C23H24FN7O2/c1-23(2,3)13-14-10-21(31-29-14)28-22(32)27-19-11-15(4-5-17(19)24)33-16-6-8-25-20(12-16)18-7-9-26-30-18/h4-12H,13H2,1-3H3,(H,26,30)(H3,27,28,29,31,32). The number of urea groups is 1. The molecule has 0 aliphatic heterocycles. The summed E-state index contributed by atoms with van der Waals surface area (Å²) in [6.45, 7) is 6.32. The number of carbonyl (C=O) groups is 1. The zero-order valence-electron chi connectivity index (χ0n) is 18.4. The molecule has 0 unspecified atom stereocenters. The van der Waals surface area contributed by atoms with Crippen LogP contribution in [-0.2, 0) is 6.42 Å². The molecule has 0 saturated heterocycles. The number of anilines is 2. The first-order valence-electron chi connectivity index (χ1n) is 10.3. The van der Waals surface area contributed by atoms with Crippen molar-refractivity contribution in [1.29, 1.82) is 0 Å². The van der Waals surface area contributed by atoms with Gasteiger partial charge in [-0.15, -0.1) is 0 Å². The molecule has 0 saturated carbocycles. The van der Waals surface area contributed by atoms with Crippen LogP contribution >= 0.6 is 0 Å². The van der Waals surface area contributed by atoms with Crippen LogP contribution in [0.4, 0.5) is 20.7 Å². The third kappa shape index (κ3) is 5.94. The number of ether oxygens (including phenoxy) is 1. The van der Waals surface area contributed by atoms with Crippen molar-refractivity contribution >= 4 is 17.5 Å². The van der Waals surface area contributed by atoms with Crippen molar-refractivity contribution in [2.24, 2.45) is 5.41 Å². The lowest BCUT2D eigenvalue weighted by molar-refractivity contribution is 0.262. The molecule has 0 fully saturated rings. The number of aromatic nitrogens is 5. The van der Waals surface area contributed by atoms with Crippen LogP contribution in [0, 0.1) is 11.2 Å². The molecular formula is C23H24FN7O2. The van der Waals surface area contributed by atoms with Gasteiger partial charge in [-0.3, -0.25) is 20.5 Å². The largest absolute Gasteiger partial charge is 0.457 e. The van der Waals surface area contributed by atoms with Gasteiger partial charge in [-0.05, 0) is 36.1 Å². The Balaban J connectivity index is 1.42. The number of halogens is 1. The van der Waals surface area contributed by atoms with Crippen LogP contribution in [0.5, 0.6) is 11.5 Å². The zero-order chi connectivity index (χ0) is 23.4. The van der Waals surface area contributed by atoms with Crippen LogP contribution in [-0.4, -0.2) is 31.4 Å². The van der Waals surface area contributed by atoms with Gasteiger partial charge >= 0.3 is 6.03 Å². The van der Waals surface area contributed by atoms with Gasteiger partial charge in [-0.1, -0.05) is 20.8 Å². The van der Waals surface area contributed by atoms with E-state index in [9.17, 15) is 9.18 Å². The highest BCUT2D eigenvalue weighted by molar-refractivity contribution is 5.99. The maximum absolute atomic E-state index is 14.3. The molecule has 1 aromatic carbocycles. The maximum Gasteiger partial charge on any atom is 0.324 e. The number of carbonyl (C=O) groups excluding carboxylic acids is 1. The quantitative estimate of drug-likeness (QED) is 0.316. The number of aromatic amines is 2. The van der Waals surface area contributed by atoms with E-state index in [0.29, 0.717) is 23.0 Å². The summed E-state index contributed by atoms with van der Waals surface area (Å²) in [5.74, 6) is 0.601. The van der Waals surface area contributed by atoms with E-state index in [-0.39, 0.29) is 11.1 Å². The van der Waals surface area contributed by atoms with Gasteiger partial charge in [0.1, 0.15) is 17.3 Å². The highest BCUT2D eigenvalue weighted by atomic mass is 19.1. The number of hydrogen-bond donors (Lipinski definition) is 4. The minimum absolute atomic E-state index is 0.0294. The summed E-state index contributed by atoms with van der Waals surface area (Å²) in [5, 5.41) is 18.8. The predicted octanol–water partition coefficient (Wildman–Crippen LogP) is 5.36. The van der Waals surface area contributed by atoms with Gasteiger partial charge in [0, 0.05) is 36.3 Å². The Labute approximate surface area is 189 Å². The number of pyridine rings is 1. The third-order valence-corrected chi connectivity index (χ3v) is 4.52. The van der Waals surface area contributed by atoms with E-state index in [4.69, 9.17) is 4.74 Å². The number of nitrogens with zero attached hydrogens (tertiary/aromatic N) is 3. The fourth-order valence-corrected chi connectivity index (χ4v) is 3.18. The Morgan fingerprint density at radius 3 is 2.61 bits per heavy atom. The molecule has 0 atom stereocenters. The highest BCUT2D eigenvalue weighted by Crippen LogP contribution is 2.28. The number of amides is 2. The summed E-state index contributed by atoms with van der Waals surface area (Å²) in [4.78, 5) is 16.6. The van der Waals surface area contributed by atoms with Crippen molar-refractivity contribution in [3.8, 4) is 22.9 Å². The Morgan fingerprint density at radius 1 is 1.03 bits per heavy atom. The van der Waals surface area contributed by atoms with Crippen LogP contribution in [0.25, 0.3) is 11.4 Å². The first kappa shape index (κ1) is 22.0. The average molecular weight is 449 g/mol. The number of benzene rings is 1. The summed E-state index contributed by atoms with van der Waals surface area (Å²) in [6.07, 6.45) is 4.00. The second-order valence-electron chi connectivity index (χ2n) is 8.69. The molecule has 4 rings (SSSR count). The molecule has 0 radical (unpaired) electrons. The van der Waals surface area contributed by atoms with E-state index in [1.807, 2.05) is 0 Å².